The van der Waals surface area contributed by atoms with Gasteiger partial charge in [0.05, 0.1) is 0 Å². The summed E-state index contributed by atoms with van der Waals surface area (Å²) >= 11 is 0. The Morgan fingerprint density at radius 3 is 1.65 bits per heavy atom. The largest absolute Gasteiger partial charge is 0.673 e. The molecular formula is C14H15BF4S. The summed E-state index contributed by atoms with van der Waals surface area (Å²) in [6.45, 7) is 0. The lowest BCUT2D eigenvalue weighted by Crippen LogP contribution is -2.03. The molecule has 0 aliphatic heterocycles. The van der Waals surface area contributed by atoms with Gasteiger partial charge in [-0.25, -0.2) is 0 Å². The smallest absolute Gasteiger partial charge is 0.418 e. The predicted octanol–water partition coefficient (Wildman–Crippen LogP) is 4.79. The van der Waals surface area contributed by atoms with Crippen LogP contribution in [0.1, 0.15) is 5.56 Å². The summed E-state index contributed by atoms with van der Waals surface area (Å²) in [7, 11) is -5.68. The number of benzene rings is 2. The van der Waals surface area contributed by atoms with E-state index in [2.05, 4.69) is 66.9 Å². The van der Waals surface area contributed by atoms with E-state index in [1.54, 1.807) is 0 Å². The highest BCUT2D eigenvalue weighted by Crippen LogP contribution is 2.15. The van der Waals surface area contributed by atoms with Crippen molar-refractivity contribution in [2.75, 3.05) is 6.26 Å². The van der Waals surface area contributed by atoms with Gasteiger partial charge < -0.3 is 17.3 Å². The molecule has 0 N–H and O–H groups in total. The SMILES string of the molecule is C[S+](Cc1ccccc1)c1ccccc1.F[B-](F)(F)F. The highest BCUT2D eigenvalue weighted by Gasteiger charge is 2.20. The second-order valence-corrected chi connectivity index (χ2v) is 6.11. The molecule has 2 rings (SSSR count). The zero-order valence-electron chi connectivity index (χ0n) is 11.0. The van der Waals surface area contributed by atoms with Gasteiger partial charge in [-0.3, -0.25) is 0 Å². The van der Waals surface area contributed by atoms with Crippen molar-refractivity contribution < 1.29 is 17.3 Å². The maximum Gasteiger partial charge on any atom is 0.673 e. The van der Waals surface area contributed by atoms with Crippen LogP contribution in [0.15, 0.2) is 65.6 Å². The summed E-state index contributed by atoms with van der Waals surface area (Å²) in [5, 5.41) is 0. The van der Waals surface area contributed by atoms with Gasteiger partial charge in [0, 0.05) is 16.5 Å². The molecule has 2 aromatic carbocycles. The van der Waals surface area contributed by atoms with E-state index >= 15 is 0 Å². The molecule has 1 unspecified atom stereocenters. The van der Waals surface area contributed by atoms with E-state index < -0.39 is 7.25 Å². The number of hydrogen-bond donors (Lipinski definition) is 0. The van der Waals surface area contributed by atoms with E-state index in [4.69, 9.17) is 0 Å². The van der Waals surface area contributed by atoms with Crippen molar-refractivity contribution in [2.45, 2.75) is 10.6 Å². The zero-order chi connectivity index (χ0) is 15.0. The lowest BCUT2D eigenvalue weighted by Gasteiger charge is -2.02. The second kappa shape index (κ2) is 7.99. The Bertz CT molecular complexity index is 482. The number of hydrogen-bond acceptors (Lipinski definition) is 0. The lowest BCUT2D eigenvalue weighted by atomic mass is 10.2. The quantitative estimate of drug-likeness (QED) is 0.434. The minimum atomic E-state index is -6.00. The van der Waals surface area contributed by atoms with Crippen molar-refractivity contribution in [2.24, 2.45) is 0 Å². The Balaban J connectivity index is 0.000000347. The Morgan fingerprint density at radius 2 is 1.20 bits per heavy atom. The minimum Gasteiger partial charge on any atom is -0.418 e. The standard InChI is InChI=1S/C14H15S.BF4/c1-15(14-10-6-3-7-11-14)12-13-8-4-2-5-9-13;2-1(3,4)5/h2-11H,12H2,1H3;/q+1;-1. The molecule has 6 heteroatoms. The monoisotopic (exact) mass is 302 g/mol. The third kappa shape index (κ3) is 7.89. The molecule has 20 heavy (non-hydrogen) atoms. The normalized spacial score (nSPS) is 12.2. The molecule has 0 amide bonds. The van der Waals surface area contributed by atoms with Crippen LogP contribution >= 0.6 is 0 Å². The summed E-state index contributed by atoms with van der Waals surface area (Å²) in [4.78, 5) is 1.45. The van der Waals surface area contributed by atoms with Crippen LogP contribution in [-0.2, 0) is 16.6 Å². The first-order chi connectivity index (χ1) is 9.36. The van der Waals surface area contributed by atoms with Gasteiger partial charge in [0.25, 0.3) is 0 Å². The van der Waals surface area contributed by atoms with E-state index in [-0.39, 0.29) is 0 Å². The summed E-state index contributed by atoms with van der Waals surface area (Å²) in [5.41, 5.74) is 1.42. The van der Waals surface area contributed by atoms with Gasteiger partial charge in [-0.2, -0.15) is 0 Å². The van der Waals surface area contributed by atoms with Gasteiger partial charge >= 0.3 is 7.25 Å². The first-order valence-electron chi connectivity index (χ1n) is 5.95. The van der Waals surface area contributed by atoms with E-state index in [0.717, 1.165) is 5.75 Å². The molecule has 0 saturated carbocycles. The molecule has 0 nitrogen and oxygen atoms in total. The molecule has 0 aliphatic rings. The molecule has 0 saturated heterocycles. The highest BCUT2D eigenvalue weighted by molar-refractivity contribution is 7.95. The molecule has 0 fully saturated rings. The average Bonchev–Trinajstić information content (AvgIpc) is 2.39. The van der Waals surface area contributed by atoms with E-state index in [9.17, 15) is 17.3 Å². The fourth-order valence-corrected chi connectivity index (χ4v) is 3.04. The van der Waals surface area contributed by atoms with Crippen LogP contribution in [0, 0.1) is 0 Å². The molecular weight excluding hydrogens is 287 g/mol. The first kappa shape index (κ1) is 16.6. The Hall–Kier alpha value is -1.43. The summed E-state index contributed by atoms with van der Waals surface area (Å²) < 4.78 is 39.0. The van der Waals surface area contributed by atoms with Gasteiger partial charge in [-0.15, -0.1) is 0 Å². The minimum absolute atomic E-state index is 0.316. The average molecular weight is 302 g/mol. The van der Waals surface area contributed by atoms with Crippen molar-refractivity contribution in [3.8, 4) is 0 Å². The summed E-state index contributed by atoms with van der Waals surface area (Å²) in [6.07, 6.45) is 2.31. The van der Waals surface area contributed by atoms with Crippen molar-refractivity contribution in [1.82, 2.24) is 0 Å². The molecule has 2 aromatic rings. The Labute approximate surface area is 119 Å². The van der Waals surface area contributed by atoms with Gasteiger partial charge in [0.2, 0.25) is 0 Å². The van der Waals surface area contributed by atoms with E-state index in [1.165, 1.54) is 10.5 Å². The van der Waals surface area contributed by atoms with Crippen molar-refractivity contribution in [1.29, 1.82) is 0 Å². The molecule has 0 spiro atoms. The van der Waals surface area contributed by atoms with Crippen LogP contribution in [0.3, 0.4) is 0 Å². The summed E-state index contributed by atoms with van der Waals surface area (Å²) in [6, 6.07) is 21.4. The maximum absolute atomic E-state index is 9.75. The molecule has 0 bridgehead atoms. The van der Waals surface area contributed by atoms with Crippen molar-refractivity contribution in [3.63, 3.8) is 0 Å². The molecule has 0 radical (unpaired) electrons. The third-order valence-corrected chi connectivity index (χ3v) is 4.21. The number of rotatable bonds is 3. The second-order valence-electron chi connectivity index (χ2n) is 4.07. The van der Waals surface area contributed by atoms with Crippen LogP contribution in [0.25, 0.3) is 0 Å². The summed E-state index contributed by atoms with van der Waals surface area (Å²) in [5.74, 6) is 1.14. The zero-order valence-corrected chi connectivity index (χ0v) is 11.8. The molecule has 0 aliphatic carbocycles. The van der Waals surface area contributed by atoms with Gasteiger partial charge in [-0.05, 0) is 12.1 Å². The Kier molecular flexibility index (Phi) is 6.65. The topological polar surface area (TPSA) is 0 Å². The van der Waals surface area contributed by atoms with Crippen LogP contribution in [-0.4, -0.2) is 13.5 Å². The highest BCUT2D eigenvalue weighted by atomic mass is 32.2. The van der Waals surface area contributed by atoms with E-state index in [1.807, 2.05) is 0 Å². The van der Waals surface area contributed by atoms with Gasteiger partial charge in [0.1, 0.15) is 12.0 Å². The first-order valence-corrected chi connectivity index (χ1v) is 7.75. The predicted molar refractivity (Wildman–Crippen MR) is 78.3 cm³/mol. The fourth-order valence-electron chi connectivity index (χ4n) is 1.56. The van der Waals surface area contributed by atoms with Crippen LogP contribution in [0.5, 0.6) is 0 Å². The van der Waals surface area contributed by atoms with Gasteiger partial charge in [0.15, 0.2) is 4.90 Å². The van der Waals surface area contributed by atoms with Crippen LogP contribution < -0.4 is 0 Å². The molecule has 1 atom stereocenters. The van der Waals surface area contributed by atoms with Gasteiger partial charge in [-0.1, -0.05) is 48.5 Å². The number of halogens is 4. The van der Waals surface area contributed by atoms with E-state index in [0.29, 0.717) is 10.9 Å². The van der Waals surface area contributed by atoms with Crippen LogP contribution in [0.2, 0.25) is 0 Å². The Morgan fingerprint density at radius 1 is 0.800 bits per heavy atom. The van der Waals surface area contributed by atoms with Crippen LogP contribution in [0.4, 0.5) is 17.3 Å². The van der Waals surface area contributed by atoms with Crippen molar-refractivity contribution >= 4 is 18.1 Å². The molecule has 0 aromatic heterocycles. The fraction of sp³-hybridized carbons (Fsp3) is 0.143. The maximum atomic E-state index is 9.75. The lowest BCUT2D eigenvalue weighted by molar-refractivity contribution is 0.368. The third-order valence-electron chi connectivity index (χ3n) is 2.37. The molecule has 108 valence electrons. The van der Waals surface area contributed by atoms with Crippen molar-refractivity contribution in [3.05, 3.63) is 66.2 Å². The molecule has 0 heterocycles.